The van der Waals surface area contributed by atoms with Crippen molar-refractivity contribution >= 4 is 99.0 Å². The number of nitrogens with zero attached hydrogens (tertiary/aromatic N) is 8. The number of rotatable bonds is 14. The molecule has 3 N–H and O–H groups in total. The second kappa shape index (κ2) is 24.6. The van der Waals surface area contributed by atoms with Crippen LogP contribution in [0.25, 0.3) is 10.8 Å². The first kappa shape index (κ1) is 53.3. The van der Waals surface area contributed by atoms with Crippen LogP contribution in [0.5, 0.6) is 23.0 Å². The zero-order valence-electron chi connectivity index (χ0n) is 38.2. The number of benzene rings is 7. The SMILES string of the molecule is COc1ccc(Nc2ccc3c(O)c(N=Nc4cc(C)c(N=Nc5cc(C)c(N=Nc6ccc(N=Nc7ccccc7S(=O)(=O)O)c(C)c6)cc5OC)cc4OC)ccc3c2)cc1.O=S(=O)=O.O=S(=O)=O. The highest BCUT2D eigenvalue weighted by molar-refractivity contribution is 7.86. The van der Waals surface area contributed by atoms with Gasteiger partial charge in [0.05, 0.1) is 44.1 Å². The Bertz CT molecular complexity index is 3540. The van der Waals surface area contributed by atoms with Crippen LogP contribution in [0.4, 0.5) is 56.9 Å². The minimum absolute atomic E-state index is 0.0000630. The molecule has 366 valence electrons. The second-order valence-electron chi connectivity index (χ2n) is 14.5. The van der Waals surface area contributed by atoms with Crippen LogP contribution in [-0.2, 0) is 31.3 Å². The van der Waals surface area contributed by atoms with Crippen molar-refractivity contribution in [1.82, 2.24) is 0 Å². The van der Waals surface area contributed by atoms with Crippen LogP contribution in [0.1, 0.15) is 16.7 Å². The van der Waals surface area contributed by atoms with Crippen LogP contribution < -0.4 is 19.5 Å². The molecule has 25 heteroatoms. The predicted molar refractivity (Wildman–Crippen MR) is 261 cm³/mol. The van der Waals surface area contributed by atoms with Crippen molar-refractivity contribution in [2.24, 2.45) is 40.9 Å². The van der Waals surface area contributed by atoms with Gasteiger partial charge in [0.25, 0.3) is 10.1 Å². The Labute approximate surface area is 409 Å². The predicted octanol–water partition coefficient (Wildman–Crippen LogP) is 12.1. The number of phenolic OH excluding ortho intramolecular Hbond substituents is 1. The zero-order valence-corrected chi connectivity index (χ0v) is 40.7. The minimum Gasteiger partial charge on any atom is -0.505 e. The van der Waals surface area contributed by atoms with Gasteiger partial charge in [-0.15, -0.1) is 45.7 Å². The molecular weight excluding hydrogens is 983 g/mol. The number of methoxy groups -OCH3 is 3. The largest absolute Gasteiger partial charge is 0.505 e. The lowest BCUT2D eigenvalue weighted by Gasteiger charge is -2.10. The fourth-order valence-electron chi connectivity index (χ4n) is 6.33. The van der Waals surface area contributed by atoms with Gasteiger partial charge in [0.2, 0.25) is 0 Å². The van der Waals surface area contributed by atoms with Gasteiger partial charge in [0.1, 0.15) is 44.9 Å². The summed E-state index contributed by atoms with van der Waals surface area (Å²) in [6.07, 6.45) is 0. The van der Waals surface area contributed by atoms with Gasteiger partial charge in [-0.3, -0.25) is 4.55 Å². The molecule has 7 aromatic carbocycles. The Hall–Kier alpha value is -8.65. The number of phenols is 1. The number of nitrogens with one attached hydrogen (secondary N) is 1. The van der Waals surface area contributed by atoms with E-state index in [4.69, 9.17) is 39.5 Å². The summed E-state index contributed by atoms with van der Waals surface area (Å²) in [6, 6.07) is 34.7. The molecular formula is C46H41N9O13S3. The smallest absolute Gasteiger partial charge is 0.425 e. The molecule has 22 nitrogen and oxygen atoms in total. The number of aryl methyl sites for hydroxylation is 3. The molecule has 0 aromatic heterocycles. The molecule has 0 amide bonds. The summed E-state index contributed by atoms with van der Waals surface area (Å²) in [5, 5.41) is 50.8. The molecule has 0 saturated heterocycles. The molecule has 0 radical (unpaired) electrons. The summed E-state index contributed by atoms with van der Waals surface area (Å²) < 4.78 is 100. The van der Waals surface area contributed by atoms with E-state index in [1.54, 1.807) is 61.7 Å². The first-order chi connectivity index (χ1) is 33.8. The average Bonchev–Trinajstić information content (AvgIpc) is 3.32. The number of hydrogen-bond acceptors (Lipinski definition) is 21. The van der Waals surface area contributed by atoms with Gasteiger partial charge < -0.3 is 24.6 Å². The van der Waals surface area contributed by atoms with Crippen molar-refractivity contribution in [2.45, 2.75) is 25.7 Å². The monoisotopic (exact) mass is 1020 g/mol. The van der Waals surface area contributed by atoms with Crippen LogP contribution in [0, 0.1) is 20.8 Å². The molecule has 7 aromatic rings. The van der Waals surface area contributed by atoms with Crippen molar-refractivity contribution in [2.75, 3.05) is 26.6 Å². The standard InChI is InChI=1S/C46H41N9O7S.2O3S/c1-27-21-33(15-20-36(27)49-50-37-9-7-8-10-45(37)63(57,58)59)48-52-39-25-43(61-5)42(22-28(39)2)55-53-40-26-44(62-6)41(23-29(40)3)54-51-38-19-11-30-24-32(14-18-35(30)46(38)56)47-31-12-16-34(60-4)17-13-31;2*1-4(2)3/h7-26,47,56H,1-6H3,(H,57,58,59);;. The number of fused-ring (bicyclic) bond motifs is 1. The van der Waals surface area contributed by atoms with Gasteiger partial charge in [-0.05, 0) is 134 Å². The van der Waals surface area contributed by atoms with E-state index in [0.717, 1.165) is 33.6 Å². The molecule has 0 spiro atoms. The Kier molecular flexibility index (Phi) is 18.5. The molecule has 71 heavy (non-hydrogen) atoms. The maximum atomic E-state index is 11.7. The Morgan fingerprint density at radius 3 is 1.51 bits per heavy atom. The molecule has 0 saturated carbocycles. The van der Waals surface area contributed by atoms with Crippen molar-refractivity contribution < 1.29 is 57.5 Å². The van der Waals surface area contributed by atoms with E-state index in [2.05, 4.69) is 46.2 Å². The third kappa shape index (κ3) is 15.2. The van der Waals surface area contributed by atoms with E-state index in [1.807, 2.05) is 69.3 Å². The maximum absolute atomic E-state index is 11.7. The first-order valence-electron chi connectivity index (χ1n) is 20.2. The Balaban J connectivity index is 0.00000109. The topological polar surface area (TPSA) is 316 Å². The lowest BCUT2D eigenvalue weighted by molar-refractivity contribution is 0.415. The molecule has 0 aliphatic carbocycles. The average molecular weight is 1020 g/mol. The van der Waals surface area contributed by atoms with Gasteiger partial charge in [-0.25, -0.2) is 0 Å². The van der Waals surface area contributed by atoms with E-state index in [9.17, 15) is 18.1 Å². The molecule has 0 aliphatic rings. The summed E-state index contributed by atoms with van der Waals surface area (Å²) in [4.78, 5) is -0.338. The summed E-state index contributed by atoms with van der Waals surface area (Å²) >= 11 is 0. The van der Waals surface area contributed by atoms with Gasteiger partial charge in [0, 0.05) is 28.9 Å². The van der Waals surface area contributed by atoms with Gasteiger partial charge in [-0.2, -0.15) is 28.9 Å². The number of anilines is 2. The molecule has 0 fully saturated rings. The Morgan fingerprint density at radius 2 is 0.958 bits per heavy atom. The zero-order chi connectivity index (χ0) is 51.8. The van der Waals surface area contributed by atoms with Crippen molar-refractivity contribution in [1.29, 1.82) is 0 Å². The molecule has 0 aliphatic heterocycles. The molecule has 0 unspecified atom stereocenters. The molecule has 0 bridgehead atoms. The third-order valence-electron chi connectivity index (χ3n) is 9.74. The Morgan fingerprint density at radius 1 is 0.479 bits per heavy atom. The highest BCUT2D eigenvalue weighted by atomic mass is 32.2. The van der Waals surface area contributed by atoms with E-state index in [0.29, 0.717) is 62.3 Å². The van der Waals surface area contributed by atoms with Crippen LogP contribution in [-0.4, -0.2) is 64.7 Å². The van der Waals surface area contributed by atoms with Gasteiger partial charge in [-0.1, -0.05) is 18.2 Å². The summed E-state index contributed by atoms with van der Waals surface area (Å²) in [7, 11) is -6.02. The fourth-order valence-corrected chi connectivity index (χ4v) is 6.95. The highest BCUT2D eigenvalue weighted by Crippen LogP contribution is 2.42. The van der Waals surface area contributed by atoms with Gasteiger partial charge >= 0.3 is 21.2 Å². The normalized spacial score (nSPS) is 11.3. The van der Waals surface area contributed by atoms with Crippen molar-refractivity contribution in [3.8, 4) is 23.0 Å². The van der Waals surface area contributed by atoms with Gasteiger partial charge in [0.15, 0.2) is 5.75 Å². The number of azo groups is 4. The highest BCUT2D eigenvalue weighted by Gasteiger charge is 2.16. The third-order valence-corrected chi connectivity index (χ3v) is 10.6. The van der Waals surface area contributed by atoms with Crippen molar-refractivity contribution in [3.05, 3.63) is 138 Å². The summed E-state index contributed by atoms with van der Waals surface area (Å²) in [6.45, 7) is 5.54. The number of ether oxygens (including phenoxy) is 3. The van der Waals surface area contributed by atoms with Crippen LogP contribution in [0.15, 0.2) is 167 Å². The van der Waals surface area contributed by atoms with Crippen LogP contribution in [0.2, 0.25) is 0 Å². The van der Waals surface area contributed by atoms with Crippen LogP contribution in [0.3, 0.4) is 0 Å². The number of aromatic hydroxyl groups is 1. The second-order valence-corrected chi connectivity index (χ2v) is 16.7. The minimum atomic E-state index is -4.46. The lowest BCUT2D eigenvalue weighted by atomic mass is 10.1. The van der Waals surface area contributed by atoms with E-state index >= 15 is 0 Å². The molecule has 0 atom stereocenters. The first-order valence-corrected chi connectivity index (χ1v) is 23.7. The van der Waals surface area contributed by atoms with E-state index in [1.165, 1.54) is 32.4 Å². The lowest BCUT2D eigenvalue weighted by Crippen LogP contribution is -1.97. The number of hydrogen-bond donors (Lipinski definition) is 3. The summed E-state index contributed by atoms with van der Waals surface area (Å²) in [5.74, 6) is 1.59. The van der Waals surface area contributed by atoms with Crippen LogP contribution >= 0.6 is 0 Å². The van der Waals surface area contributed by atoms with Crippen molar-refractivity contribution in [3.63, 3.8) is 0 Å². The molecule has 0 heterocycles. The summed E-state index contributed by atoms with van der Waals surface area (Å²) in [5.41, 5.74) is 7.30. The maximum Gasteiger partial charge on any atom is 0.425 e. The quantitative estimate of drug-likeness (QED) is 0.0674. The fraction of sp³-hybridized carbons (Fsp3) is 0.130. The molecule has 7 rings (SSSR count). The van der Waals surface area contributed by atoms with E-state index < -0.39 is 31.3 Å². The van der Waals surface area contributed by atoms with E-state index in [-0.39, 0.29) is 16.3 Å².